The summed E-state index contributed by atoms with van der Waals surface area (Å²) >= 11 is 5.90. The second kappa shape index (κ2) is 7.17. The lowest BCUT2D eigenvalue weighted by molar-refractivity contribution is -0.123. The molecular weight excluding hydrogens is 374 g/mol. The highest BCUT2D eigenvalue weighted by atomic mass is 35.5. The van der Waals surface area contributed by atoms with Crippen molar-refractivity contribution in [3.8, 4) is 0 Å². The highest BCUT2D eigenvalue weighted by Gasteiger charge is 2.33. The molecule has 3 amide bonds. The summed E-state index contributed by atoms with van der Waals surface area (Å²) < 4.78 is 2.16. The number of fused-ring (bicyclic) bond motifs is 1. The third-order valence-corrected chi connectivity index (χ3v) is 5.10. The summed E-state index contributed by atoms with van der Waals surface area (Å²) in [7, 11) is 0. The van der Waals surface area contributed by atoms with Gasteiger partial charge >= 0.3 is 6.03 Å². The SMILES string of the molecule is CC(C)n1cc(C=C2NC(=O)N(Cc3ccc(Cl)cc3)C2=O)c2ccccc21. The molecule has 6 heteroatoms. The number of hydrogen-bond acceptors (Lipinski definition) is 2. The summed E-state index contributed by atoms with van der Waals surface area (Å²) in [5.41, 5.74) is 3.12. The molecule has 28 heavy (non-hydrogen) atoms. The van der Waals surface area contributed by atoms with Crippen LogP contribution in [-0.4, -0.2) is 21.4 Å². The minimum absolute atomic E-state index is 0.201. The maximum absolute atomic E-state index is 12.8. The minimum atomic E-state index is -0.418. The zero-order valence-corrected chi connectivity index (χ0v) is 16.4. The van der Waals surface area contributed by atoms with Gasteiger partial charge in [-0.3, -0.25) is 9.69 Å². The van der Waals surface area contributed by atoms with Gasteiger partial charge in [0.1, 0.15) is 5.70 Å². The van der Waals surface area contributed by atoms with Crippen LogP contribution in [-0.2, 0) is 11.3 Å². The van der Waals surface area contributed by atoms with E-state index in [4.69, 9.17) is 11.6 Å². The van der Waals surface area contributed by atoms with Crippen molar-refractivity contribution in [3.05, 3.63) is 76.6 Å². The number of carbonyl (C=O) groups excluding carboxylic acids is 2. The number of amides is 3. The van der Waals surface area contributed by atoms with Crippen molar-refractivity contribution in [1.29, 1.82) is 0 Å². The molecule has 2 heterocycles. The Hall–Kier alpha value is -3.05. The van der Waals surface area contributed by atoms with Crippen LogP contribution in [0.15, 0.2) is 60.4 Å². The number of hydrogen-bond donors (Lipinski definition) is 1. The maximum atomic E-state index is 12.8. The van der Waals surface area contributed by atoms with Gasteiger partial charge in [0.2, 0.25) is 0 Å². The third kappa shape index (κ3) is 3.29. The predicted molar refractivity (Wildman–Crippen MR) is 111 cm³/mol. The topological polar surface area (TPSA) is 54.3 Å². The molecule has 0 saturated carbocycles. The van der Waals surface area contributed by atoms with E-state index in [1.165, 1.54) is 4.90 Å². The number of nitrogens with one attached hydrogen (secondary N) is 1. The summed E-state index contributed by atoms with van der Waals surface area (Å²) in [5.74, 6) is -0.332. The quantitative estimate of drug-likeness (QED) is 0.502. The molecule has 1 aliphatic rings. The summed E-state index contributed by atoms with van der Waals surface area (Å²) in [6.45, 7) is 4.42. The number of para-hydroxylation sites is 1. The second-order valence-corrected chi connectivity index (χ2v) is 7.54. The van der Waals surface area contributed by atoms with E-state index in [0.717, 1.165) is 22.0 Å². The van der Waals surface area contributed by atoms with Gasteiger partial charge in [-0.1, -0.05) is 41.9 Å². The van der Waals surface area contributed by atoms with Gasteiger partial charge in [0, 0.05) is 33.7 Å². The summed E-state index contributed by atoms with van der Waals surface area (Å²) in [6, 6.07) is 15.0. The third-order valence-electron chi connectivity index (χ3n) is 4.84. The van der Waals surface area contributed by atoms with E-state index in [1.807, 2.05) is 24.4 Å². The van der Waals surface area contributed by atoms with E-state index in [9.17, 15) is 9.59 Å². The van der Waals surface area contributed by atoms with Crippen molar-refractivity contribution < 1.29 is 9.59 Å². The summed E-state index contributed by atoms with van der Waals surface area (Å²) in [6.07, 6.45) is 3.77. The number of benzene rings is 2. The first-order chi connectivity index (χ1) is 13.4. The van der Waals surface area contributed by atoms with Crippen LogP contribution in [0.2, 0.25) is 5.02 Å². The molecule has 1 aliphatic heterocycles. The fourth-order valence-electron chi connectivity index (χ4n) is 3.42. The van der Waals surface area contributed by atoms with Crippen LogP contribution < -0.4 is 5.32 Å². The Kier molecular flexibility index (Phi) is 4.69. The number of carbonyl (C=O) groups is 2. The minimum Gasteiger partial charge on any atom is -0.344 e. The van der Waals surface area contributed by atoms with Gasteiger partial charge in [-0.05, 0) is 43.7 Å². The Morgan fingerprint density at radius 3 is 2.50 bits per heavy atom. The number of halogens is 1. The average molecular weight is 394 g/mol. The number of urea groups is 1. The van der Waals surface area contributed by atoms with Crippen molar-refractivity contribution in [2.24, 2.45) is 0 Å². The van der Waals surface area contributed by atoms with E-state index >= 15 is 0 Å². The smallest absolute Gasteiger partial charge is 0.329 e. The molecule has 0 bridgehead atoms. The molecule has 1 fully saturated rings. The number of rotatable bonds is 4. The molecule has 0 atom stereocenters. The standard InChI is InChI=1S/C22H20ClN3O2/c1-14(2)25-13-16(18-5-3-4-6-20(18)25)11-19-21(27)26(22(28)24-19)12-15-7-9-17(23)10-8-15/h3-11,13-14H,12H2,1-2H3,(H,24,28). The van der Waals surface area contributed by atoms with Crippen molar-refractivity contribution >= 4 is 40.5 Å². The molecule has 0 spiro atoms. The van der Waals surface area contributed by atoms with Gasteiger partial charge in [-0.2, -0.15) is 0 Å². The van der Waals surface area contributed by atoms with Crippen LogP contribution in [0.1, 0.15) is 31.0 Å². The lowest BCUT2D eigenvalue weighted by atomic mass is 10.1. The van der Waals surface area contributed by atoms with Crippen molar-refractivity contribution in [2.45, 2.75) is 26.4 Å². The highest BCUT2D eigenvalue weighted by Crippen LogP contribution is 2.27. The number of imide groups is 1. The maximum Gasteiger partial charge on any atom is 0.329 e. The van der Waals surface area contributed by atoms with E-state index in [-0.39, 0.29) is 24.2 Å². The van der Waals surface area contributed by atoms with E-state index in [2.05, 4.69) is 29.8 Å². The Balaban J connectivity index is 1.66. The molecule has 1 saturated heterocycles. The first-order valence-electron chi connectivity index (χ1n) is 9.12. The lowest BCUT2D eigenvalue weighted by Crippen LogP contribution is -2.30. The molecule has 3 aromatic rings. The molecular formula is C22H20ClN3O2. The fraction of sp³-hybridized carbons (Fsp3) is 0.182. The molecule has 0 aliphatic carbocycles. The van der Waals surface area contributed by atoms with Crippen molar-refractivity contribution in [3.63, 3.8) is 0 Å². The van der Waals surface area contributed by atoms with Gasteiger partial charge in [0.25, 0.3) is 5.91 Å². The van der Waals surface area contributed by atoms with Crippen LogP contribution in [0.4, 0.5) is 4.79 Å². The highest BCUT2D eigenvalue weighted by molar-refractivity contribution is 6.30. The molecule has 1 aromatic heterocycles. The molecule has 2 aromatic carbocycles. The molecule has 0 unspecified atom stereocenters. The van der Waals surface area contributed by atoms with Crippen molar-refractivity contribution in [1.82, 2.24) is 14.8 Å². The normalized spacial score (nSPS) is 15.9. The van der Waals surface area contributed by atoms with Crippen molar-refractivity contribution in [2.75, 3.05) is 0 Å². The Morgan fingerprint density at radius 2 is 1.79 bits per heavy atom. The Morgan fingerprint density at radius 1 is 1.07 bits per heavy atom. The molecule has 4 rings (SSSR count). The largest absolute Gasteiger partial charge is 0.344 e. The van der Waals surface area contributed by atoms with Gasteiger partial charge in [0.15, 0.2) is 0 Å². The van der Waals surface area contributed by atoms with Gasteiger partial charge in [-0.15, -0.1) is 0 Å². The monoisotopic (exact) mass is 393 g/mol. The van der Waals surface area contributed by atoms with E-state index in [0.29, 0.717) is 5.02 Å². The van der Waals surface area contributed by atoms with Crippen LogP contribution >= 0.6 is 11.6 Å². The number of nitrogens with zero attached hydrogens (tertiary/aromatic N) is 2. The Labute approximate surface area is 168 Å². The second-order valence-electron chi connectivity index (χ2n) is 7.11. The van der Waals surface area contributed by atoms with Crippen LogP contribution in [0.25, 0.3) is 17.0 Å². The van der Waals surface area contributed by atoms with Crippen LogP contribution in [0.5, 0.6) is 0 Å². The van der Waals surface area contributed by atoms with Gasteiger partial charge in [0.05, 0.1) is 6.54 Å². The first-order valence-corrected chi connectivity index (χ1v) is 9.50. The van der Waals surface area contributed by atoms with Crippen LogP contribution in [0.3, 0.4) is 0 Å². The number of aromatic nitrogens is 1. The van der Waals surface area contributed by atoms with Gasteiger partial charge in [-0.25, -0.2) is 4.79 Å². The molecule has 142 valence electrons. The first kappa shape index (κ1) is 18.3. The van der Waals surface area contributed by atoms with E-state index in [1.54, 1.807) is 30.3 Å². The predicted octanol–water partition coefficient (Wildman–Crippen LogP) is 4.97. The molecule has 0 radical (unpaired) electrons. The lowest BCUT2D eigenvalue weighted by Gasteiger charge is -2.11. The zero-order valence-electron chi connectivity index (χ0n) is 15.6. The van der Waals surface area contributed by atoms with E-state index < -0.39 is 6.03 Å². The Bertz CT molecular complexity index is 1100. The van der Waals surface area contributed by atoms with Crippen LogP contribution in [0, 0.1) is 0 Å². The summed E-state index contributed by atoms with van der Waals surface area (Å²) in [4.78, 5) is 26.4. The summed E-state index contributed by atoms with van der Waals surface area (Å²) in [5, 5.41) is 4.36. The molecule has 5 nitrogen and oxygen atoms in total. The van der Waals surface area contributed by atoms with Gasteiger partial charge < -0.3 is 9.88 Å². The molecule has 1 N–H and O–H groups in total. The average Bonchev–Trinajstić information content (AvgIpc) is 3.17. The zero-order chi connectivity index (χ0) is 19.8. The fourth-order valence-corrected chi connectivity index (χ4v) is 3.54.